The number of carboxylic acid groups (broad SMARTS) is 1. The lowest BCUT2D eigenvalue weighted by molar-refractivity contribution is 0.0697. The van der Waals surface area contributed by atoms with E-state index in [1.807, 2.05) is 32.0 Å². The van der Waals surface area contributed by atoms with Crippen LogP contribution in [-0.2, 0) is 0 Å². The fraction of sp³-hybridized carbons (Fsp3) is 0.130. The zero-order valence-corrected chi connectivity index (χ0v) is 18.9. The number of carbonyl (C=O) groups is 1. The number of rotatable bonds is 5. The molecular weight excluding hydrogens is 442 g/mol. The molecule has 3 N–H and O–H groups in total. The standard InChI is InChI=1S/C23H21N5O4S/c1-13-7-8-18(9-14(13)2)28-21(30)19(15(3)25-28)11-24-26-12-20(29)27(23(26)33)17-6-4-5-16(10-17)22(31)32/h4-12,25,29H,1-3H3,(H,31,32). The number of aryl methyl sites for hydroxylation is 3. The molecule has 0 saturated heterocycles. The summed E-state index contributed by atoms with van der Waals surface area (Å²) in [6.07, 6.45) is 2.66. The van der Waals surface area contributed by atoms with Crippen LogP contribution in [0.15, 0.2) is 58.6 Å². The Morgan fingerprint density at radius 2 is 1.85 bits per heavy atom. The molecule has 2 heterocycles. The highest BCUT2D eigenvalue weighted by Crippen LogP contribution is 2.21. The van der Waals surface area contributed by atoms with Crippen LogP contribution in [0.25, 0.3) is 11.4 Å². The molecule has 10 heteroatoms. The van der Waals surface area contributed by atoms with E-state index in [-0.39, 0.29) is 21.8 Å². The number of aromatic carboxylic acids is 1. The fourth-order valence-electron chi connectivity index (χ4n) is 3.40. The molecule has 0 bridgehead atoms. The Kier molecular flexibility index (Phi) is 5.60. The van der Waals surface area contributed by atoms with Crippen molar-refractivity contribution in [3.8, 4) is 17.3 Å². The van der Waals surface area contributed by atoms with Crippen molar-refractivity contribution in [2.24, 2.45) is 5.10 Å². The molecule has 168 valence electrons. The number of aromatic nitrogens is 4. The summed E-state index contributed by atoms with van der Waals surface area (Å²) in [5, 5.41) is 26.9. The zero-order chi connectivity index (χ0) is 23.9. The summed E-state index contributed by atoms with van der Waals surface area (Å²) in [5.74, 6) is -1.32. The third-order valence-corrected chi connectivity index (χ3v) is 5.75. The molecule has 0 unspecified atom stereocenters. The molecule has 0 fully saturated rings. The first-order chi connectivity index (χ1) is 15.7. The number of hydrogen-bond donors (Lipinski definition) is 3. The second-order valence-electron chi connectivity index (χ2n) is 7.61. The second kappa shape index (κ2) is 8.40. The van der Waals surface area contributed by atoms with Crippen molar-refractivity contribution in [3.05, 3.63) is 91.7 Å². The Labute approximate surface area is 193 Å². The molecule has 2 aromatic heterocycles. The van der Waals surface area contributed by atoms with Crippen LogP contribution in [0.5, 0.6) is 5.88 Å². The molecule has 4 rings (SSSR count). The largest absolute Gasteiger partial charge is 0.493 e. The monoisotopic (exact) mass is 463 g/mol. The topological polar surface area (TPSA) is 118 Å². The van der Waals surface area contributed by atoms with Crippen molar-refractivity contribution in [3.63, 3.8) is 0 Å². The fourth-order valence-corrected chi connectivity index (χ4v) is 3.70. The third-order valence-electron chi connectivity index (χ3n) is 5.38. The number of benzene rings is 2. The number of nitrogens with one attached hydrogen (secondary N) is 1. The molecule has 0 aliphatic rings. The molecule has 2 aromatic carbocycles. The molecule has 0 saturated carbocycles. The number of aromatic hydroxyl groups is 1. The van der Waals surface area contributed by atoms with Crippen molar-refractivity contribution >= 4 is 24.4 Å². The van der Waals surface area contributed by atoms with Gasteiger partial charge in [-0.05, 0) is 74.4 Å². The lowest BCUT2D eigenvalue weighted by Crippen LogP contribution is -2.17. The van der Waals surface area contributed by atoms with Crippen LogP contribution in [0.3, 0.4) is 0 Å². The van der Waals surface area contributed by atoms with E-state index in [1.54, 1.807) is 19.1 Å². The van der Waals surface area contributed by atoms with Crippen molar-refractivity contribution in [2.75, 3.05) is 0 Å². The van der Waals surface area contributed by atoms with E-state index in [0.717, 1.165) is 11.1 Å². The number of carboxylic acids is 1. The highest BCUT2D eigenvalue weighted by Gasteiger charge is 2.14. The van der Waals surface area contributed by atoms with Gasteiger partial charge >= 0.3 is 5.97 Å². The second-order valence-corrected chi connectivity index (χ2v) is 7.97. The van der Waals surface area contributed by atoms with Crippen LogP contribution in [0, 0.1) is 25.5 Å². The molecule has 9 nitrogen and oxygen atoms in total. The van der Waals surface area contributed by atoms with Gasteiger partial charge in [-0.3, -0.25) is 14.5 Å². The maximum absolute atomic E-state index is 13.0. The highest BCUT2D eigenvalue weighted by molar-refractivity contribution is 7.71. The molecule has 4 aromatic rings. The number of nitrogens with zero attached hydrogens (tertiary/aromatic N) is 4. The average molecular weight is 464 g/mol. The number of aromatic amines is 1. The molecule has 0 aliphatic carbocycles. The van der Waals surface area contributed by atoms with Crippen LogP contribution < -0.4 is 5.56 Å². The zero-order valence-electron chi connectivity index (χ0n) is 18.1. The van der Waals surface area contributed by atoms with Crippen molar-refractivity contribution in [2.45, 2.75) is 20.8 Å². The van der Waals surface area contributed by atoms with Gasteiger partial charge in [0.1, 0.15) is 0 Å². The highest BCUT2D eigenvalue weighted by atomic mass is 32.1. The normalized spacial score (nSPS) is 11.4. The first-order valence-electron chi connectivity index (χ1n) is 9.98. The first-order valence-corrected chi connectivity index (χ1v) is 10.4. The Hall–Kier alpha value is -4.18. The van der Waals surface area contributed by atoms with E-state index in [9.17, 15) is 19.8 Å². The van der Waals surface area contributed by atoms with Gasteiger partial charge in [0.25, 0.3) is 5.56 Å². The minimum atomic E-state index is -1.09. The van der Waals surface area contributed by atoms with E-state index < -0.39 is 5.97 Å². The number of H-pyrrole nitrogens is 1. The van der Waals surface area contributed by atoms with E-state index in [0.29, 0.717) is 22.6 Å². The van der Waals surface area contributed by atoms with Gasteiger partial charge in [-0.15, -0.1) is 0 Å². The maximum atomic E-state index is 13.0. The molecular formula is C23H21N5O4S. The average Bonchev–Trinajstić information content (AvgIpc) is 3.22. The van der Waals surface area contributed by atoms with Gasteiger partial charge in [-0.2, -0.15) is 5.10 Å². The Morgan fingerprint density at radius 3 is 2.55 bits per heavy atom. The first kappa shape index (κ1) is 22.0. The van der Waals surface area contributed by atoms with Gasteiger partial charge < -0.3 is 10.2 Å². The molecule has 0 spiro atoms. The molecule has 0 aliphatic heterocycles. The summed E-state index contributed by atoms with van der Waals surface area (Å²) in [7, 11) is 0. The SMILES string of the molecule is Cc1ccc(-n2[nH]c(C)c(C=Nn3cc(O)n(-c4cccc(C(=O)O)c4)c3=S)c2=O)cc1C. The smallest absolute Gasteiger partial charge is 0.335 e. The summed E-state index contributed by atoms with van der Waals surface area (Å²) in [6, 6.07) is 11.7. The van der Waals surface area contributed by atoms with E-state index >= 15 is 0 Å². The third kappa shape index (κ3) is 4.03. The Bertz CT molecular complexity index is 1540. The summed E-state index contributed by atoms with van der Waals surface area (Å²) in [4.78, 5) is 24.2. The molecule has 0 radical (unpaired) electrons. The van der Waals surface area contributed by atoms with Gasteiger partial charge in [0.15, 0.2) is 0 Å². The van der Waals surface area contributed by atoms with Gasteiger partial charge in [0.05, 0.1) is 34.9 Å². The van der Waals surface area contributed by atoms with Gasteiger partial charge in [-0.1, -0.05) is 12.1 Å². The predicted molar refractivity (Wildman–Crippen MR) is 127 cm³/mol. The van der Waals surface area contributed by atoms with E-state index in [1.165, 1.54) is 38.5 Å². The van der Waals surface area contributed by atoms with E-state index in [4.69, 9.17) is 12.2 Å². The van der Waals surface area contributed by atoms with Crippen LogP contribution in [0.2, 0.25) is 0 Å². The van der Waals surface area contributed by atoms with Gasteiger partial charge in [0, 0.05) is 5.69 Å². The van der Waals surface area contributed by atoms with Crippen LogP contribution in [0.1, 0.15) is 32.7 Å². The van der Waals surface area contributed by atoms with Crippen molar-refractivity contribution in [1.82, 2.24) is 19.0 Å². The summed E-state index contributed by atoms with van der Waals surface area (Å²) in [6.45, 7) is 5.75. The predicted octanol–water partition coefficient (Wildman–Crippen LogP) is 3.70. The lowest BCUT2D eigenvalue weighted by atomic mass is 10.1. The van der Waals surface area contributed by atoms with Gasteiger partial charge in [-0.25, -0.2) is 14.2 Å². The minimum absolute atomic E-state index is 0.0555. The lowest BCUT2D eigenvalue weighted by Gasteiger charge is -2.05. The Balaban J connectivity index is 1.72. The quantitative estimate of drug-likeness (QED) is 0.308. The van der Waals surface area contributed by atoms with Gasteiger partial charge in [0.2, 0.25) is 10.7 Å². The molecule has 33 heavy (non-hydrogen) atoms. The van der Waals surface area contributed by atoms with Crippen LogP contribution in [-0.4, -0.2) is 41.4 Å². The van der Waals surface area contributed by atoms with Crippen LogP contribution >= 0.6 is 12.2 Å². The summed E-state index contributed by atoms with van der Waals surface area (Å²) in [5.41, 5.74) is 4.03. The Morgan fingerprint density at radius 1 is 1.09 bits per heavy atom. The van der Waals surface area contributed by atoms with E-state index in [2.05, 4.69) is 10.2 Å². The number of imidazole rings is 1. The number of hydrogen-bond acceptors (Lipinski definition) is 5. The minimum Gasteiger partial charge on any atom is -0.493 e. The van der Waals surface area contributed by atoms with Crippen molar-refractivity contribution in [1.29, 1.82) is 0 Å². The van der Waals surface area contributed by atoms with Crippen LogP contribution in [0.4, 0.5) is 0 Å². The molecule has 0 atom stereocenters. The summed E-state index contributed by atoms with van der Waals surface area (Å²) >= 11 is 5.41. The van der Waals surface area contributed by atoms with Crippen molar-refractivity contribution < 1.29 is 15.0 Å². The maximum Gasteiger partial charge on any atom is 0.335 e. The summed E-state index contributed by atoms with van der Waals surface area (Å²) < 4.78 is 4.08. The molecule has 0 amide bonds.